The number of aliphatic imine (C=N–C) groups is 1. The third-order valence-corrected chi connectivity index (χ3v) is 6.70. The van der Waals surface area contributed by atoms with E-state index in [1.165, 1.54) is 0 Å². The molecule has 4 atom stereocenters. The van der Waals surface area contributed by atoms with Gasteiger partial charge in [-0.15, -0.1) is 0 Å². The Morgan fingerprint density at radius 1 is 0.698 bits per heavy atom. The van der Waals surface area contributed by atoms with Crippen molar-refractivity contribution in [3.05, 3.63) is 71.8 Å². The molecule has 0 aromatic heterocycles. The normalized spacial score (nSPS) is 13.5. The minimum absolute atomic E-state index is 0.0569. The lowest BCUT2D eigenvalue weighted by atomic mass is 10.0. The van der Waals surface area contributed by atoms with Gasteiger partial charge in [0, 0.05) is 19.4 Å². The fourth-order valence-corrected chi connectivity index (χ4v) is 4.34. The first-order valence-electron chi connectivity index (χ1n) is 14.3. The van der Waals surface area contributed by atoms with Crippen LogP contribution in [0.2, 0.25) is 0 Å². The number of guanidine groups is 1. The van der Waals surface area contributed by atoms with E-state index in [2.05, 4.69) is 20.9 Å². The van der Waals surface area contributed by atoms with E-state index in [4.69, 9.17) is 22.9 Å². The van der Waals surface area contributed by atoms with Crippen LogP contribution in [-0.2, 0) is 32.0 Å². The van der Waals surface area contributed by atoms with Crippen LogP contribution in [0, 0.1) is 0 Å². The largest absolute Gasteiger partial charge is 0.480 e. The minimum atomic E-state index is -1.22. The summed E-state index contributed by atoms with van der Waals surface area (Å²) in [7, 11) is 0. The molecule has 0 bridgehead atoms. The highest BCUT2D eigenvalue weighted by molar-refractivity contribution is 5.94. The Morgan fingerprint density at radius 2 is 1.21 bits per heavy atom. The first-order valence-corrected chi connectivity index (χ1v) is 14.3. The molecule has 4 unspecified atom stereocenters. The molecule has 0 heterocycles. The second-order valence-corrected chi connectivity index (χ2v) is 10.2. The quantitative estimate of drug-likeness (QED) is 0.0592. The molecule has 234 valence electrons. The molecule has 12 N–H and O–H groups in total. The van der Waals surface area contributed by atoms with Gasteiger partial charge in [0.15, 0.2) is 5.96 Å². The van der Waals surface area contributed by atoms with Gasteiger partial charge in [-0.25, -0.2) is 4.79 Å². The SMILES string of the molecule is NCCCCC(NC(=O)C(N)CCCN=C(N)N)C(=O)NC(Cc1ccccc1)C(=O)NC(Cc1ccccc1)C(=O)O. The number of hydrogen-bond acceptors (Lipinski definition) is 7. The average Bonchev–Trinajstić information content (AvgIpc) is 2.98. The van der Waals surface area contributed by atoms with Gasteiger partial charge < -0.3 is 44.0 Å². The summed E-state index contributed by atoms with van der Waals surface area (Å²) in [6.07, 6.45) is 2.35. The summed E-state index contributed by atoms with van der Waals surface area (Å²) in [5, 5.41) is 17.8. The minimum Gasteiger partial charge on any atom is -0.480 e. The second kappa shape index (κ2) is 18.8. The van der Waals surface area contributed by atoms with E-state index < -0.39 is 47.9 Å². The topological polar surface area (TPSA) is 241 Å². The Bertz CT molecular complexity index is 1190. The number of amides is 3. The van der Waals surface area contributed by atoms with Gasteiger partial charge >= 0.3 is 5.97 Å². The molecule has 0 spiro atoms. The van der Waals surface area contributed by atoms with E-state index in [9.17, 15) is 24.3 Å². The van der Waals surface area contributed by atoms with Crippen LogP contribution in [0.5, 0.6) is 0 Å². The van der Waals surface area contributed by atoms with Gasteiger partial charge in [0.1, 0.15) is 18.1 Å². The first kappa shape index (κ1) is 34.7. The lowest BCUT2D eigenvalue weighted by Gasteiger charge is -2.25. The summed E-state index contributed by atoms with van der Waals surface area (Å²) < 4.78 is 0. The van der Waals surface area contributed by atoms with Gasteiger partial charge in [-0.05, 0) is 49.8 Å². The highest BCUT2D eigenvalue weighted by atomic mass is 16.4. The standard InChI is InChI=1S/C30H44N8O5/c31-16-8-7-15-23(36-26(39)22(32)14-9-17-35-30(33)34)27(40)37-24(18-20-10-3-1-4-11-20)28(41)38-25(29(42)43)19-21-12-5-2-6-13-21/h1-6,10-13,22-25H,7-9,14-19,31-32H2,(H,36,39)(H,37,40)(H,38,41)(H,42,43)(H4,33,34,35). The molecule has 0 saturated heterocycles. The van der Waals surface area contributed by atoms with Gasteiger partial charge in [0.05, 0.1) is 6.04 Å². The molecule has 2 aromatic carbocycles. The highest BCUT2D eigenvalue weighted by Gasteiger charge is 2.30. The summed E-state index contributed by atoms with van der Waals surface area (Å²) in [4.78, 5) is 55.7. The number of carboxylic acid groups (broad SMARTS) is 1. The molecule has 0 fully saturated rings. The zero-order valence-corrected chi connectivity index (χ0v) is 24.3. The molecule has 2 aromatic rings. The zero-order valence-electron chi connectivity index (χ0n) is 24.3. The van der Waals surface area contributed by atoms with Crippen LogP contribution in [0.15, 0.2) is 65.7 Å². The van der Waals surface area contributed by atoms with Crippen LogP contribution in [-0.4, -0.2) is 72.0 Å². The lowest BCUT2D eigenvalue weighted by molar-refractivity contribution is -0.142. The Labute approximate surface area is 251 Å². The van der Waals surface area contributed by atoms with E-state index in [-0.39, 0.29) is 31.6 Å². The molecular weight excluding hydrogens is 552 g/mol. The van der Waals surface area contributed by atoms with Gasteiger partial charge in [-0.1, -0.05) is 60.7 Å². The summed E-state index contributed by atoms with van der Waals surface area (Å²) in [5.41, 5.74) is 23.8. The van der Waals surface area contributed by atoms with Gasteiger partial charge in [-0.2, -0.15) is 0 Å². The molecule has 0 aliphatic carbocycles. The number of nitrogens with zero attached hydrogens (tertiary/aromatic N) is 1. The second-order valence-electron chi connectivity index (χ2n) is 10.2. The Morgan fingerprint density at radius 3 is 1.74 bits per heavy atom. The van der Waals surface area contributed by atoms with Crippen LogP contribution in [0.3, 0.4) is 0 Å². The van der Waals surface area contributed by atoms with E-state index in [1.54, 1.807) is 48.5 Å². The van der Waals surface area contributed by atoms with Crippen molar-refractivity contribution in [2.75, 3.05) is 13.1 Å². The van der Waals surface area contributed by atoms with E-state index in [0.29, 0.717) is 32.4 Å². The molecular formula is C30H44N8O5. The number of unbranched alkanes of at least 4 members (excludes halogenated alkanes) is 1. The van der Waals surface area contributed by atoms with Crippen LogP contribution in [0.4, 0.5) is 0 Å². The zero-order chi connectivity index (χ0) is 31.6. The number of carbonyl (C=O) groups excluding carboxylic acids is 3. The number of nitrogens with one attached hydrogen (secondary N) is 3. The monoisotopic (exact) mass is 596 g/mol. The fourth-order valence-electron chi connectivity index (χ4n) is 4.34. The smallest absolute Gasteiger partial charge is 0.326 e. The molecule has 0 saturated carbocycles. The van der Waals surface area contributed by atoms with Crippen molar-refractivity contribution in [3.63, 3.8) is 0 Å². The summed E-state index contributed by atoms with van der Waals surface area (Å²) in [5.74, 6) is -3.05. The third-order valence-electron chi connectivity index (χ3n) is 6.70. The molecule has 0 aliphatic heterocycles. The number of carbonyl (C=O) groups is 4. The third kappa shape index (κ3) is 13.4. The molecule has 43 heavy (non-hydrogen) atoms. The van der Waals surface area contributed by atoms with Crippen molar-refractivity contribution in [2.45, 2.75) is 69.1 Å². The summed E-state index contributed by atoms with van der Waals surface area (Å²) in [6.45, 7) is 0.714. The predicted octanol–water partition coefficient (Wildman–Crippen LogP) is -0.479. The number of nitrogens with two attached hydrogens (primary N) is 4. The first-order chi connectivity index (χ1) is 20.6. The number of carboxylic acids is 1. The number of benzene rings is 2. The lowest BCUT2D eigenvalue weighted by Crippen LogP contribution is -2.57. The van der Waals surface area contributed by atoms with Crippen LogP contribution in [0.25, 0.3) is 0 Å². The van der Waals surface area contributed by atoms with Crippen molar-refractivity contribution in [1.82, 2.24) is 16.0 Å². The number of hydrogen-bond donors (Lipinski definition) is 8. The van der Waals surface area contributed by atoms with Gasteiger partial charge in [0.25, 0.3) is 0 Å². The van der Waals surface area contributed by atoms with E-state index >= 15 is 0 Å². The van der Waals surface area contributed by atoms with E-state index in [1.807, 2.05) is 12.1 Å². The highest BCUT2D eigenvalue weighted by Crippen LogP contribution is 2.09. The van der Waals surface area contributed by atoms with Crippen LogP contribution >= 0.6 is 0 Å². The summed E-state index contributed by atoms with van der Waals surface area (Å²) >= 11 is 0. The molecule has 3 amide bonds. The maximum Gasteiger partial charge on any atom is 0.326 e. The Hall–Kier alpha value is -4.49. The van der Waals surface area contributed by atoms with Crippen molar-refractivity contribution in [3.8, 4) is 0 Å². The Kier molecular flexibility index (Phi) is 15.2. The molecule has 0 radical (unpaired) electrons. The maximum absolute atomic E-state index is 13.5. The van der Waals surface area contributed by atoms with Crippen molar-refractivity contribution in [2.24, 2.45) is 27.9 Å². The predicted molar refractivity (Wildman–Crippen MR) is 165 cm³/mol. The average molecular weight is 597 g/mol. The van der Waals surface area contributed by atoms with Crippen LogP contribution < -0.4 is 38.9 Å². The number of rotatable bonds is 19. The van der Waals surface area contributed by atoms with Gasteiger partial charge in [0.2, 0.25) is 17.7 Å². The fraction of sp³-hybridized carbons (Fsp3) is 0.433. The van der Waals surface area contributed by atoms with E-state index in [0.717, 1.165) is 11.1 Å². The molecule has 2 rings (SSSR count). The van der Waals surface area contributed by atoms with Crippen molar-refractivity contribution >= 4 is 29.7 Å². The van der Waals surface area contributed by atoms with Crippen molar-refractivity contribution in [1.29, 1.82) is 0 Å². The maximum atomic E-state index is 13.5. The Balaban J connectivity index is 2.19. The number of aliphatic carboxylic acids is 1. The van der Waals surface area contributed by atoms with Gasteiger partial charge in [-0.3, -0.25) is 19.4 Å². The molecule has 13 heteroatoms. The molecule has 13 nitrogen and oxygen atoms in total. The summed E-state index contributed by atoms with van der Waals surface area (Å²) in [6, 6.07) is 13.7. The van der Waals surface area contributed by atoms with Crippen molar-refractivity contribution < 1.29 is 24.3 Å². The molecule has 0 aliphatic rings. The van der Waals surface area contributed by atoms with Crippen LogP contribution in [0.1, 0.15) is 43.2 Å².